The molecular formula is C21H19FN2O5. The quantitative estimate of drug-likeness (QED) is 0.597. The van der Waals surface area contributed by atoms with Crippen LogP contribution < -0.4 is 14.8 Å². The van der Waals surface area contributed by atoms with Crippen LogP contribution >= 0.6 is 0 Å². The van der Waals surface area contributed by atoms with Crippen LogP contribution in [0.3, 0.4) is 0 Å². The minimum Gasteiger partial charge on any atom is -0.497 e. The lowest BCUT2D eigenvalue weighted by molar-refractivity contribution is -0.130. The van der Waals surface area contributed by atoms with Crippen molar-refractivity contribution in [3.05, 3.63) is 65.0 Å². The Balaban J connectivity index is 1.86. The third kappa shape index (κ3) is 4.43. The Hall–Kier alpha value is -3.68. The fourth-order valence-corrected chi connectivity index (χ4v) is 2.90. The molecule has 1 aliphatic rings. The third-order valence-electron chi connectivity index (χ3n) is 4.46. The number of carbonyl (C=O) groups is 3. The van der Waals surface area contributed by atoms with Gasteiger partial charge in [-0.3, -0.25) is 19.8 Å². The molecule has 0 spiro atoms. The first kappa shape index (κ1) is 20.1. The molecule has 3 rings (SSSR count). The van der Waals surface area contributed by atoms with Crippen LogP contribution in [0.2, 0.25) is 0 Å². The van der Waals surface area contributed by atoms with Crippen molar-refractivity contribution in [1.29, 1.82) is 0 Å². The van der Waals surface area contributed by atoms with E-state index in [9.17, 15) is 18.8 Å². The number of methoxy groups -OCH3 is 2. The largest absolute Gasteiger partial charge is 0.497 e. The Bertz CT molecular complexity index is 985. The van der Waals surface area contributed by atoms with Gasteiger partial charge in [0.05, 0.1) is 14.2 Å². The second-order valence-electron chi connectivity index (χ2n) is 6.26. The third-order valence-corrected chi connectivity index (χ3v) is 4.46. The highest BCUT2D eigenvalue weighted by Crippen LogP contribution is 2.27. The van der Waals surface area contributed by atoms with Crippen LogP contribution in [0.1, 0.15) is 11.1 Å². The van der Waals surface area contributed by atoms with Crippen LogP contribution in [0.25, 0.3) is 6.08 Å². The van der Waals surface area contributed by atoms with Gasteiger partial charge >= 0.3 is 6.03 Å². The average Bonchev–Trinajstić information content (AvgIpc) is 2.72. The molecule has 7 nitrogen and oxygen atoms in total. The summed E-state index contributed by atoms with van der Waals surface area (Å²) in [5, 5.41) is 2.17. The fraction of sp³-hybridized carbons (Fsp3) is 0.190. The summed E-state index contributed by atoms with van der Waals surface area (Å²) in [7, 11) is 2.96. The van der Waals surface area contributed by atoms with Crippen LogP contribution in [0.5, 0.6) is 11.5 Å². The fourth-order valence-electron chi connectivity index (χ4n) is 2.90. The number of hydrogen-bond acceptors (Lipinski definition) is 5. The normalized spacial score (nSPS) is 15.5. The molecule has 8 heteroatoms. The Morgan fingerprint density at radius 2 is 1.76 bits per heavy atom. The number of hydrogen-bond donors (Lipinski definition) is 1. The van der Waals surface area contributed by atoms with Gasteiger partial charge in [0.2, 0.25) is 0 Å². The van der Waals surface area contributed by atoms with Gasteiger partial charge < -0.3 is 9.47 Å². The molecular weight excluding hydrogens is 379 g/mol. The number of amides is 4. The highest BCUT2D eigenvalue weighted by atomic mass is 19.1. The molecule has 1 aliphatic heterocycles. The predicted octanol–water partition coefficient (Wildman–Crippen LogP) is 2.55. The van der Waals surface area contributed by atoms with Crippen LogP contribution in [0.4, 0.5) is 9.18 Å². The van der Waals surface area contributed by atoms with E-state index < -0.39 is 17.8 Å². The molecule has 0 radical (unpaired) electrons. The molecule has 1 fully saturated rings. The van der Waals surface area contributed by atoms with E-state index in [0.29, 0.717) is 23.5 Å². The van der Waals surface area contributed by atoms with Crippen molar-refractivity contribution in [3.8, 4) is 11.5 Å². The maximum Gasteiger partial charge on any atom is 0.331 e. The standard InChI is InChI=1S/C21H19FN2O5/c1-28-16-7-8-18(29-2)14(11-16)12-17-19(25)23-21(27)24(20(17)26)10-9-13-3-5-15(22)6-4-13/h3-8,11-12H,9-10H2,1-2H3,(H,23,25,27)/b17-12-. The van der Waals surface area contributed by atoms with E-state index in [1.54, 1.807) is 30.3 Å². The Morgan fingerprint density at radius 3 is 2.41 bits per heavy atom. The van der Waals surface area contributed by atoms with E-state index in [1.807, 2.05) is 0 Å². The molecule has 2 aromatic carbocycles. The van der Waals surface area contributed by atoms with Gasteiger partial charge in [-0.25, -0.2) is 9.18 Å². The number of carbonyl (C=O) groups excluding carboxylic acids is 3. The highest BCUT2D eigenvalue weighted by Gasteiger charge is 2.35. The summed E-state index contributed by atoms with van der Waals surface area (Å²) in [5.41, 5.74) is 1.01. The first-order valence-corrected chi connectivity index (χ1v) is 8.78. The summed E-state index contributed by atoms with van der Waals surface area (Å²) in [6, 6.07) is 9.91. The summed E-state index contributed by atoms with van der Waals surface area (Å²) in [5.74, 6) is -0.920. The van der Waals surface area contributed by atoms with E-state index in [-0.39, 0.29) is 17.9 Å². The van der Waals surface area contributed by atoms with Crippen molar-refractivity contribution < 1.29 is 28.2 Å². The van der Waals surface area contributed by atoms with Gasteiger partial charge in [0.15, 0.2) is 0 Å². The van der Waals surface area contributed by atoms with Crippen LogP contribution in [0.15, 0.2) is 48.0 Å². The molecule has 1 N–H and O–H groups in total. The molecule has 4 amide bonds. The van der Waals surface area contributed by atoms with Crippen LogP contribution in [-0.2, 0) is 16.0 Å². The smallest absolute Gasteiger partial charge is 0.331 e. The molecule has 1 saturated heterocycles. The maximum atomic E-state index is 13.0. The van der Waals surface area contributed by atoms with Gasteiger partial charge in [-0.2, -0.15) is 0 Å². The topological polar surface area (TPSA) is 84.9 Å². The zero-order chi connectivity index (χ0) is 21.0. The Labute approximate surface area is 166 Å². The monoisotopic (exact) mass is 398 g/mol. The number of benzene rings is 2. The molecule has 0 saturated carbocycles. The van der Waals surface area contributed by atoms with Crippen LogP contribution in [-0.4, -0.2) is 43.5 Å². The second-order valence-corrected chi connectivity index (χ2v) is 6.26. The first-order chi connectivity index (χ1) is 13.9. The zero-order valence-electron chi connectivity index (χ0n) is 15.9. The van der Waals surface area contributed by atoms with Crippen molar-refractivity contribution in [2.24, 2.45) is 0 Å². The molecule has 29 heavy (non-hydrogen) atoms. The zero-order valence-corrected chi connectivity index (χ0v) is 15.9. The van der Waals surface area contributed by atoms with Gasteiger partial charge in [0.1, 0.15) is 22.9 Å². The van der Waals surface area contributed by atoms with Crippen molar-refractivity contribution in [3.63, 3.8) is 0 Å². The number of nitrogens with zero attached hydrogens (tertiary/aromatic N) is 1. The number of barbiturate groups is 1. The molecule has 0 bridgehead atoms. The van der Waals surface area contributed by atoms with Crippen molar-refractivity contribution >= 4 is 23.9 Å². The summed E-state index contributed by atoms with van der Waals surface area (Å²) in [6.07, 6.45) is 1.68. The molecule has 0 aliphatic carbocycles. The minimum atomic E-state index is -0.795. The molecule has 0 atom stereocenters. The SMILES string of the molecule is COc1ccc(OC)c(/C=C2/C(=O)NC(=O)N(CCc3ccc(F)cc3)C2=O)c1. The molecule has 150 valence electrons. The number of nitrogens with one attached hydrogen (secondary N) is 1. The van der Waals surface area contributed by atoms with Crippen molar-refractivity contribution in [1.82, 2.24) is 10.2 Å². The van der Waals surface area contributed by atoms with Gasteiger partial charge in [-0.1, -0.05) is 12.1 Å². The van der Waals surface area contributed by atoms with Gasteiger partial charge in [0.25, 0.3) is 11.8 Å². The summed E-state index contributed by atoms with van der Waals surface area (Å²) >= 11 is 0. The van der Waals surface area contributed by atoms with Gasteiger partial charge in [-0.15, -0.1) is 0 Å². The number of halogens is 1. The van der Waals surface area contributed by atoms with Crippen molar-refractivity contribution in [2.75, 3.05) is 20.8 Å². The van der Waals surface area contributed by atoms with Crippen molar-refractivity contribution in [2.45, 2.75) is 6.42 Å². The lowest BCUT2D eigenvalue weighted by Crippen LogP contribution is -2.54. The number of imide groups is 2. The van der Waals surface area contributed by atoms with Crippen LogP contribution in [0, 0.1) is 5.82 Å². The number of ether oxygens (including phenoxy) is 2. The lowest BCUT2D eigenvalue weighted by Gasteiger charge is -2.26. The average molecular weight is 398 g/mol. The Morgan fingerprint density at radius 1 is 1.03 bits per heavy atom. The predicted molar refractivity (Wildman–Crippen MR) is 103 cm³/mol. The summed E-state index contributed by atoms with van der Waals surface area (Å²) < 4.78 is 23.5. The number of urea groups is 1. The minimum absolute atomic E-state index is 0.0379. The van der Waals surface area contributed by atoms with E-state index in [4.69, 9.17) is 9.47 Å². The maximum absolute atomic E-state index is 13.0. The van der Waals surface area contributed by atoms with E-state index in [0.717, 1.165) is 10.5 Å². The van der Waals surface area contributed by atoms with Gasteiger partial charge in [0, 0.05) is 12.1 Å². The molecule has 0 unspecified atom stereocenters. The second kappa shape index (κ2) is 8.55. The molecule has 0 aromatic heterocycles. The molecule has 1 heterocycles. The Kier molecular flexibility index (Phi) is 5.92. The molecule has 2 aromatic rings. The summed E-state index contributed by atoms with van der Waals surface area (Å²) in [4.78, 5) is 38.2. The van der Waals surface area contributed by atoms with Gasteiger partial charge in [-0.05, 0) is 48.4 Å². The highest BCUT2D eigenvalue weighted by molar-refractivity contribution is 6.31. The van der Waals surface area contributed by atoms with E-state index in [2.05, 4.69) is 5.32 Å². The first-order valence-electron chi connectivity index (χ1n) is 8.78. The number of rotatable bonds is 6. The lowest BCUT2D eigenvalue weighted by atomic mass is 10.1. The van der Waals surface area contributed by atoms with E-state index in [1.165, 1.54) is 32.4 Å². The summed E-state index contributed by atoms with van der Waals surface area (Å²) in [6.45, 7) is 0.0379. The van der Waals surface area contributed by atoms with E-state index >= 15 is 0 Å².